The summed E-state index contributed by atoms with van der Waals surface area (Å²) in [7, 11) is 0. The summed E-state index contributed by atoms with van der Waals surface area (Å²) in [6.07, 6.45) is -3.07. The molecule has 1 aromatic heterocycles. The van der Waals surface area contributed by atoms with Gasteiger partial charge in [-0.2, -0.15) is 13.2 Å². The summed E-state index contributed by atoms with van der Waals surface area (Å²) < 4.78 is 37.9. The maximum absolute atomic E-state index is 12.6. The maximum atomic E-state index is 12.6. The first-order chi connectivity index (χ1) is 13.5. The monoisotopic (exact) mass is 425 g/mol. The number of amides is 2. The van der Waals surface area contributed by atoms with Crippen LogP contribution < -0.4 is 10.6 Å². The average molecular weight is 426 g/mol. The van der Waals surface area contributed by atoms with Gasteiger partial charge >= 0.3 is 6.18 Å². The largest absolute Gasteiger partial charge is 0.417 e. The smallest absolute Gasteiger partial charge is 0.323 e. The van der Waals surface area contributed by atoms with Crippen molar-refractivity contribution < 1.29 is 27.6 Å². The molecule has 0 fully saturated rings. The first kappa shape index (κ1) is 22.1. The molecule has 152 valence electrons. The van der Waals surface area contributed by atoms with Gasteiger partial charge in [0.1, 0.15) is 0 Å². The van der Waals surface area contributed by atoms with Gasteiger partial charge in [-0.05, 0) is 44.2 Å². The van der Waals surface area contributed by atoms with Crippen molar-refractivity contribution in [1.29, 1.82) is 0 Å². The van der Waals surface area contributed by atoms with Crippen molar-refractivity contribution in [3.05, 3.63) is 64.3 Å². The fraction of sp³-hybridized carbons (Fsp3) is 0.158. The summed E-state index contributed by atoms with van der Waals surface area (Å²) in [5.41, 5.74) is -0.185. The molecule has 0 saturated heterocycles. The summed E-state index contributed by atoms with van der Waals surface area (Å²) in [5, 5.41) is 4.37. The van der Waals surface area contributed by atoms with Crippen LogP contribution in [0.25, 0.3) is 0 Å². The Bertz CT molecular complexity index is 986. The van der Waals surface area contributed by atoms with Gasteiger partial charge in [0.15, 0.2) is 11.6 Å². The molecule has 6 nitrogen and oxygen atoms in total. The molecule has 29 heavy (non-hydrogen) atoms. The van der Waals surface area contributed by atoms with Crippen LogP contribution in [0.15, 0.2) is 48.2 Å². The highest BCUT2D eigenvalue weighted by atomic mass is 35.5. The third kappa shape index (κ3) is 6.15. The van der Waals surface area contributed by atoms with E-state index in [1.165, 1.54) is 26.0 Å². The van der Waals surface area contributed by atoms with Gasteiger partial charge in [0.05, 0.1) is 10.6 Å². The van der Waals surface area contributed by atoms with E-state index in [0.29, 0.717) is 23.5 Å². The minimum absolute atomic E-state index is 0.0272. The average Bonchev–Trinajstić information content (AvgIpc) is 2.62. The van der Waals surface area contributed by atoms with Crippen LogP contribution in [0.5, 0.6) is 0 Å². The number of halogens is 4. The molecule has 0 spiro atoms. The molecule has 0 atom stereocenters. The molecule has 0 radical (unpaired) electrons. The molecular formula is C19H15ClF3N3O3. The van der Waals surface area contributed by atoms with Crippen LogP contribution in [-0.2, 0) is 15.8 Å². The molecule has 0 bridgehead atoms. The van der Waals surface area contributed by atoms with E-state index >= 15 is 0 Å². The number of pyridine rings is 1. The molecule has 2 amide bonds. The summed E-state index contributed by atoms with van der Waals surface area (Å²) in [5.74, 6) is -1.76. The molecule has 1 heterocycles. The Morgan fingerprint density at radius 1 is 1.07 bits per heavy atom. The number of carbonyl (C=O) groups is 3. The third-order valence-corrected chi connectivity index (χ3v) is 3.95. The molecule has 1 aromatic carbocycles. The molecule has 2 N–H and O–H groups in total. The van der Waals surface area contributed by atoms with Gasteiger partial charge in [-0.1, -0.05) is 11.6 Å². The van der Waals surface area contributed by atoms with Crippen LogP contribution in [-0.4, -0.2) is 22.6 Å². The first-order valence-electron chi connectivity index (χ1n) is 8.11. The molecule has 0 aliphatic carbocycles. The lowest BCUT2D eigenvalue weighted by Gasteiger charge is -2.10. The van der Waals surface area contributed by atoms with Crippen LogP contribution in [0, 0.1) is 0 Å². The van der Waals surface area contributed by atoms with Gasteiger partial charge in [0.25, 0.3) is 5.91 Å². The number of nitrogens with zero attached hydrogens (tertiary/aromatic N) is 1. The summed E-state index contributed by atoms with van der Waals surface area (Å²) in [6, 6.07) is 6.78. The highest BCUT2D eigenvalue weighted by Crippen LogP contribution is 2.32. The van der Waals surface area contributed by atoms with Gasteiger partial charge in [0, 0.05) is 29.1 Å². The Balaban J connectivity index is 2.04. The van der Waals surface area contributed by atoms with Crippen molar-refractivity contribution in [2.75, 3.05) is 10.6 Å². The zero-order valence-electron chi connectivity index (χ0n) is 15.2. The standard InChI is InChI=1S/C19H15ClF3N3O3/c1-10(7-16(28)25-14-5-3-12(4-6-14)11(2)27)18(29)26-17-15(20)8-13(9-24-17)19(21,22)23/h3-9H,1-2H3,(H,25,28)(H,24,26,29)/b10-7-. The number of hydrogen-bond acceptors (Lipinski definition) is 4. The molecular weight excluding hydrogens is 411 g/mol. The second-order valence-corrected chi connectivity index (χ2v) is 6.36. The summed E-state index contributed by atoms with van der Waals surface area (Å²) in [4.78, 5) is 38.9. The number of aromatic nitrogens is 1. The van der Waals surface area contributed by atoms with Crippen LogP contribution in [0.2, 0.25) is 5.02 Å². The highest BCUT2D eigenvalue weighted by Gasteiger charge is 2.31. The second-order valence-electron chi connectivity index (χ2n) is 5.96. The molecule has 0 aliphatic heterocycles. The normalized spacial score (nSPS) is 11.7. The molecule has 2 rings (SSSR count). The number of ketones is 1. The van der Waals surface area contributed by atoms with Crippen molar-refractivity contribution >= 4 is 40.7 Å². The highest BCUT2D eigenvalue weighted by molar-refractivity contribution is 6.33. The SMILES string of the molecule is CC(=O)c1ccc(NC(=O)/C=C(/C)C(=O)Nc2ncc(C(F)(F)F)cc2Cl)cc1. The Hall–Kier alpha value is -3.20. The van der Waals surface area contributed by atoms with Crippen molar-refractivity contribution in [3.63, 3.8) is 0 Å². The van der Waals surface area contributed by atoms with E-state index in [1.54, 1.807) is 12.1 Å². The van der Waals surface area contributed by atoms with Crippen molar-refractivity contribution in [2.24, 2.45) is 0 Å². The predicted molar refractivity (Wildman–Crippen MR) is 102 cm³/mol. The number of rotatable bonds is 5. The summed E-state index contributed by atoms with van der Waals surface area (Å²) in [6.45, 7) is 2.75. The Morgan fingerprint density at radius 3 is 2.21 bits per heavy atom. The minimum atomic E-state index is -4.62. The third-order valence-electron chi connectivity index (χ3n) is 3.67. The predicted octanol–water partition coefficient (Wildman–Crippen LogP) is 4.48. The van der Waals surface area contributed by atoms with E-state index in [0.717, 1.165) is 6.08 Å². The van der Waals surface area contributed by atoms with Crippen LogP contribution in [0.1, 0.15) is 29.8 Å². The fourth-order valence-corrected chi connectivity index (χ4v) is 2.33. The van der Waals surface area contributed by atoms with Gasteiger partial charge in [-0.15, -0.1) is 0 Å². The van der Waals surface area contributed by atoms with Gasteiger partial charge in [0.2, 0.25) is 5.91 Å². The van der Waals surface area contributed by atoms with Crippen molar-refractivity contribution in [3.8, 4) is 0 Å². The van der Waals surface area contributed by atoms with Crippen molar-refractivity contribution in [2.45, 2.75) is 20.0 Å². The Morgan fingerprint density at radius 2 is 1.69 bits per heavy atom. The number of alkyl halides is 3. The van der Waals surface area contributed by atoms with E-state index in [2.05, 4.69) is 15.6 Å². The lowest BCUT2D eigenvalue weighted by molar-refractivity contribution is -0.137. The van der Waals surface area contributed by atoms with Gasteiger partial charge in [-0.3, -0.25) is 14.4 Å². The van der Waals surface area contributed by atoms with E-state index in [9.17, 15) is 27.6 Å². The number of hydrogen-bond donors (Lipinski definition) is 2. The minimum Gasteiger partial charge on any atom is -0.323 e. The maximum Gasteiger partial charge on any atom is 0.417 e. The molecule has 10 heteroatoms. The molecule has 0 aliphatic rings. The molecule has 0 saturated carbocycles. The number of benzene rings is 1. The first-order valence-corrected chi connectivity index (χ1v) is 8.49. The zero-order chi connectivity index (χ0) is 21.8. The number of carbonyl (C=O) groups excluding carboxylic acids is 3. The topological polar surface area (TPSA) is 88.2 Å². The number of Topliss-reactive ketones (excluding diaryl/α,β-unsaturated/α-hetero) is 1. The van der Waals surface area contributed by atoms with Crippen LogP contribution in [0.3, 0.4) is 0 Å². The summed E-state index contributed by atoms with van der Waals surface area (Å²) >= 11 is 5.73. The van der Waals surface area contributed by atoms with Crippen LogP contribution >= 0.6 is 11.6 Å². The quantitative estimate of drug-likeness (QED) is 0.546. The van der Waals surface area contributed by atoms with E-state index < -0.39 is 28.6 Å². The van der Waals surface area contributed by atoms with Crippen LogP contribution in [0.4, 0.5) is 24.7 Å². The second kappa shape index (κ2) is 8.87. The fourth-order valence-electron chi connectivity index (χ4n) is 2.12. The van der Waals surface area contributed by atoms with Crippen molar-refractivity contribution in [1.82, 2.24) is 4.98 Å². The van der Waals surface area contributed by atoms with E-state index in [-0.39, 0.29) is 17.2 Å². The molecule has 2 aromatic rings. The van der Waals surface area contributed by atoms with E-state index in [1.807, 2.05) is 0 Å². The lowest BCUT2D eigenvalue weighted by atomic mass is 10.1. The van der Waals surface area contributed by atoms with E-state index in [4.69, 9.17) is 11.6 Å². The Labute approximate surface area is 168 Å². The lowest BCUT2D eigenvalue weighted by Crippen LogP contribution is -2.17. The Kier molecular flexibility index (Phi) is 6.76. The zero-order valence-corrected chi connectivity index (χ0v) is 16.0. The van der Waals surface area contributed by atoms with Gasteiger partial charge in [-0.25, -0.2) is 4.98 Å². The molecule has 0 unspecified atom stereocenters. The van der Waals surface area contributed by atoms with Gasteiger partial charge < -0.3 is 10.6 Å². The number of nitrogens with one attached hydrogen (secondary N) is 2. The number of anilines is 2.